The van der Waals surface area contributed by atoms with Gasteiger partial charge in [-0.25, -0.2) is 0 Å². The van der Waals surface area contributed by atoms with Gasteiger partial charge in [-0.2, -0.15) is 0 Å². The summed E-state index contributed by atoms with van der Waals surface area (Å²) in [4.78, 5) is 0. The summed E-state index contributed by atoms with van der Waals surface area (Å²) < 4.78 is 5.00. The third-order valence-electron chi connectivity index (χ3n) is 1.87. The number of aliphatic hydroxyl groups excluding tert-OH is 1. The second kappa shape index (κ2) is 4.53. The van der Waals surface area contributed by atoms with Crippen LogP contribution in [0, 0.1) is 0 Å². The maximum Gasteiger partial charge on any atom is 0.137 e. The molecule has 2 N–H and O–H groups in total. The summed E-state index contributed by atoms with van der Waals surface area (Å²) in [5, 5.41) is 19.0. The standard InChI is InChI=1S/C10H13ClO3/c1-6(12)3-7-4-8(14-2)5-9(11)10(7)13/h4-6,12-13H,3H2,1-2H3. The molecule has 0 radical (unpaired) electrons. The van der Waals surface area contributed by atoms with Crippen LogP contribution in [0.15, 0.2) is 12.1 Å². The summed E-state index contributed by atoms with van der Waals surface area (Å²) in [6, 6.07) is 3.19. The fourth-order valence-electron chi connectivity index (χ4n) is 1.22. The molecule has 0 aliphatic heterocycles. The Morgan fingerprint density at radius 1 is 1.50 bits per heavy atom. The average molecular weight is 217 g/mol. The van der Waals surface area contributed by atoms with Gasteiger partial charge in [-0.1, -0.05) is 11.6 Å². The molecule has 4 heteroatoms. The number of methoxy groups -OCH3 is 1. The van der Waals surface area contributed by atoms with Crippen LogP contribution in [0.2, 0.25) is 5.02 Å². The van der Waals surface area contributed by atoms with Crippen molar-refractivity contribution in [1.82, 2.24) is 0 Å². The quantitative estimate of drug-likeness (QED) is 0.813. The van der Waals surface area contributed by atoms with Crippen LogP contribution in [0.5, 0.6) is 11.5 Å². The Bertz CT molecular complexity index is 323. The van der Waals surface area contributed by atoms with Crippen LogP contribution in [0.25, 0.3) is 0 Å². The van der Waals surface area contributed by atoms with E-state index in [4.69, 9.17) is 16.3 Å². The van der Waals surface area contributed by atoms with E-state index in [1.807, 2.05) is 0 Å². The fourth-order valence-corrected chi connectivity index (χ4v) is 1.45. The smallest absolute Gasteiger partial charge is 0.137 e. The minimum atomic E-state index is -0.524. The highest BCUT2D eigenvalue weighted by molar-refractivity contribution is 6.32. The number of ether oxygens (including phenoxy) is 1. The molecule has 1 rings (SSSR count). The second-order valence-electron chi connectivity index (χ2n) is 3.17. The molecule has 0 bridgehead atoms. The summed E-state index contributed by atoms with van der Waals surface area (Å²) in [5.74, 6) is 0.580. The van der Waals surface area contributed by atoms with Crippen LogP contribution < -0.4 is 4.74 Å². The molecule has 0 spiro atoms. The first-order valence-corrected chi connectivity index (χ1v) is 4.65. The molecule has 0 saturated carbocycles. The number of hydrogen-bond acceptors (Lipinski definition) is 3. The molecule has 0 heterocycles. The third kappa shape index (κ3) is 2.53. The highest BCUT2D eigenvalue weighted by atomic mass is 35.5. The van der Waals surface area contributed by atoms with Crippen molar-refractivity contribution in [3.05, 3.63) is 22.7 Å². The highest BCUT2D eigenvalue weighted by Gasteiger charge is 2.10. The Balaban J connectivity index is 3.07. The maximum atomic E-state index is 9.57. The molecule has 1 aromatic rings. The lowest BCUT2D eigenvalue weighted by molar-refractivity contribution is 0.194. The van der Waals surface area contributed by atoms with E-state index in [1.54, 1.807) is 13.0 Å². The van der Waals surface area contributed by atoms with Crippen molar-refractivity contribution < 1.29 is 14.9 Å². The summed E-state index contributed by atoms with van der Waals surface area (Å²) in [5.41, 5.74) is 0.587. The molecule has 1 atom stereocenters. The zero-order chi connectivity index (χ0) is 10.7. The first-order chi connectivity index (χ1) is 6.54. The van der Waals surface area contributed by atoms with E-state index < -0.39 is 6.10 Å². The maximum absolute atomic E-state index is 9.57. The van der Waals surface area contributed by atoms with Crippen molar-refractivity contribution >= 4 is 11.6 Å². The van der Waals surface area contributed by atoms with Gasteiger partial charge in [-0.15, -0.1) is 0 Å². The first-order valence-electron chi connectivity index (χ1n) is 4.28. The van der Waals surface area contributed by atoms with E-state index in [0.29, 0.717) is 17.7 Å². The molecule has 0 amide bonds. The molecule has 3 nitrogen and oxygen atoms in total. The zero-order valence-corrected chi connectivity index (χ0v) is 8.88. The monoisotopic (exact) mass is 216 g/mol. The summed E-state index contributed by atoms with van der Waals surface area (Å²) in [7, 11) is 1.52. The number of hydrogen-bond donors (Lipinski definition) is 2. The summed E-state index contributed by atoms with van der Waals surface area (Å²) in [6.07, 6.45) is -0.174. The number of aliphatic hydroxyl groups is 1. The van der Waals surface area contributed by atoms with Crippen LogP contribution in [0.1, 0.15) is 12.5 Å². The van der Waals surface area contributed by atoms with Gasteiger partial charge in [-0.05, 0) is 13.0 Å². The lowest BCUT2D eigenvalue weighted by atomic mass is 10.1. The van der Waals surface area contributed by atoms with Crippen LogP contribution >= 0.6 is 11.6 Å². The zero-order valence-electron chi connectivity index (χ0n) is 8.12. The lowest BCUT2D eigenvalue weighted by Gasteiger charge is -2.10. The van der Waals surface area contributed by atoms with Gasteiger partial charge in [0.25, 0.3) is 0 Å². The summed E-state index contributed by atoms with van der Waals surface area (Å²) >= 11 is 5.77. The Hall–Kier alpha value is -0.930. The number of phenols is 1. The van der Waals surface area contributed by atoms with Crippen molar-refractivity contribution in [2.75, 3.05) is 7.11 Å². The van der Waals surface area contributed by atoms with E-state index in [-0.39, 0.29) is 10.8 Å². The van der Waals surface area contributed by atoms with Crippen LogP contribution in [-0.2, 0) is 6.42 Å². The molecule has 14 heavy (non-hydrogen) atoms. The minimum absolute atomic E-state index is 0.00775. The van der Waals surface area contributed by atoms with Crippen molar-refractivity contribution in [3.63, 3.8) is 0 Å². The van der Waals surface area contributed by atoms with E-state index in [0.717, 1.165) is 0 Å². The topological polar surface area (TPSA) is 49.7 Å². The Kier molecular flexibility index (Phi) is 3.61. The average Bonchev–Trinajstić information content (AvgIpc) is 2.11. The normalized spacial score (nSPS) is 12.6. The highest BCUT2D eigenvalue weighted by Crippen LogP contribution is 2.32. The van der Waals surface area contributed by atoms with Gasteiger partial charge in [0.05, 0.1) is 18.2 Å². The SMILES string of the molecule is COc1cc(Cl)c(O)c(CC(C)O)c1. The third-order valence-corrected chi connectivity index (χ3v) is 2.15. The molecular formula is C10H13ClO3. The Morgan fingerprint density at radius 2 is 2.14 bits per heavy atom. The van der Waals surface area contributed by atoms with Gasteiger partial charge in [0.2, 0.25) is 0 Å². The predicted octanol–water partition coefficient (Wildman–Crippen LogP) is 1.98. The predicted molar refractivity (Wildman–Crippen MR) is 55.1 cm³/mol. The number of aromatic hydroxyl groups is 1. The second-order valence-corrected chi connectivity index (χ2v) is 3.58. The number of rotatable bonds is 3. The Morgan fingerprint density at radius 3 is 2.64 bits per heavy atom. The molecule has 0 aliphatic carbocycles. The molecule has 1 unspecified atom stereocenters. The van der Waals surface area contributed by atoms with Crippen molar-refractivity contribution in [2.45, 2.75) is 19.4 Å². The van der Waals surface area contributed by atoms with Gasteiger partial charge >= 0.3 is 0 Å². The van der Waals surface area contributed by atoms with Gasteiger partial charge in [0, 0.05) is 18.1 Å². The van der Waals surface area contributed by atoms with E-state index in [1.165, 1.54) is 13.2 Å². The van der Waals surface area contributed by atoms with E-state index >= 15 is 0 Å². The van der Waals surface area contributed by atoms with Crippen molar-refractivity contribution in [3.8, 4) is 11.5 Å². The molecule has 0 aromatic heterocycles. The van der Waals surface area contributed by atoms with Crippen LogP contribution in [0.4, 0.5) is 0 Å². The lowest BCUT2D eigenvalue weighted by Crippen LogP contribution is -2.04. The van der Waals surface area contributed by atoms with Gasteiger partial charge in [0.1, 0.15) is 11.5 Å². The van der Waals surface area contributed by atoms with Crippen molar-refractivity contribution in [1.29, 1.82) is 0 Å². The summed E-state index contributed by atoms with van der Waals surface area (Å²) in [6.45, 7) is 1.65. The number of halogens is 1. The van der Waals surface area contributed by atoms with Gasteiger partial charge < -0.3 is 14.9 Å². The van der Waals surface area contributed by atoms with E-state index in [9.17, 15) is 10.2 Å². The Labute approximate surface area is 87.9 Å². The molecular weight excluding hydrogens is 204 g/mol. The largest absolute Gasteiger partial charge is 0.506 e. The van der Waals surface area contributed by atoms with Crippen molar-refractivity contribution in [2.24, 2.45) is 0 Å². The molecule has 0 aliphatic rings. The molecule has 0 fully saturated rings. The van der Waals surface area contributed by atoms with Gasteiger partial charge in [-0.3, -0.25) is 0 Å². The van der Waals surface area contributed by atoms with Crippen LogP contribution in [-0.4, -0.2) is 23.4 Å². The molecule has 0 saturated heterocycles. The minimum Gasteiger partial charge on any atom is -0.506 e. The molecule has 1 aromatic carbocycles. The fraction of sp³-hybridized carbons (Fsp3) is 0.400. The molecule has 78 valence electrons. The first kappa shape index (κ1) is 11.1. The number of benzene rings is 1. The van der Waals surface area contributed by atoms with Crippen LogP contribution in [0.3, 0.4) is 0 Å². The van der Waals surface area contributed by atoms with E-state index in [2.05, 4.69) is 0 Å². The number of phenolic OH excluding ortho intramolecular Hbond substituents is 1. The van der Waals surface area contributed by atoms with Gasteiger partial charge in [0.15, 0.2) is 0 Å².